The Morgan fingerprint density at radius 2 is 2.15 bits per heavy atom. The van der Waals surface area contributed by atoms with Gasteiger partial charge in [0.25, 0.3) is 0 Å². The third kappa shape index (κ3) is 3.02. The van der Waals surface area contributed by atoms with Crippen LogP contribution < -0.4 is 0 Å². The van der Waals surface area contributed by atoms with E-state index in [9.17, 15) is 17.6 Å². The summed E-state index contributed by atoms with van der Waals surface area (Å²) in [5.41, 5.74) is 3.01. The van der Waals surface area contributed by atoms with Gasteiger partial charge in [-0.25, -0.2) is 12.8 Å². The highest BCUT2D eigenvalue weighted by Crippen LogP contribution is 2.33. The number of hydrogen-bond acceptors (Lipinski definition) is 3. The smallest absolute Gasteiger partial charge is 0.226 e. The maximum Gasteiger partial charge on any atom is 0.226 e. The normalized spacial score (nSPS) is 24.5. The van der Waals surface area contributed by atoms with Gasteiger partial charge in [0.05, 0.1) is 11.5 Å². The van der Waals surface area contributed by atoms with Gasteiger partial charge in [0, 0.05) is 35.1 Å². The molecule has 0 saturated carbocycles. The fourth-order valence-electron chi connectivity index (χ4n) is 4.45. The number of hydrogen-bond donors (Lipinski definition) is 1. The van der Waals surface area contributed by atoms with Crippen LogP contribution in [0.5, 0.6) is 0 Å². The third-order valence-corrected chi connectivity index (χ3v) is 7.52. The molecule has 1 aromatic heterocycles. The predicted octanol–water partition coefficient (Wildman–Crippen LogP) is 2.45. The van der Waals surface area contributed by atoms with Crippen LogP contribution in [0.1, 0.15) is 31.0 Å². The summed E-state index contributed by atoms with van der Waals surface area (Å²) in [4.78, 5) is 18.2. The summed E-state index contributed by atoms with van der Waals surface area (Å²) in [6.07, 6.45) is 2.59. The molecule has 0 bridgehead atoms. The number of aromatic nitrogens is 1. The first-order chi connectivity index (χ1) is 12.4. The number of carbonyl (C=O) groups excluding carboxylic acids is 1. The van der Waals surface area contributed by atoms with Crippen LogP contribution in [0.2, 0.25) is 0 Å². The van der Waals surface area contributed by atoms with Gasteiger partial charge in [-0.15, -0.1) is 0 Å². The molecule has 2 unspecified atom stereocenters. The molecule has 0 spiro atoms. The number of amides is 1. The van der Waals surface area contributed by atoms with Gasteiger partial charge in [-0.1, -0.05) is 0 Å². The van der Waals surface area contributed by atoms with E-state index < -0.39 is 9.84 Å². The average molecular weight is 378 g/mol. The zero-order valence-electron chi connectivity index (χ0n) is 14.8. The van der Waals surface area contributed by atoms with E-state index in [4.69, 9.17) is 0 Å². The molecular weight excluding hydrogens is 355 g/mol. The number of halogens is 1. The van der Waals surface area contributed by atoms with Crippen molar-refractivity contribution in [2.45, 2.75) is 38.6 Å². The van der Waals surface area contributed by atoms with E-state index in [1.54, 1.807) is 11.0 Å². The summed E-state index contributed by atoms with van der Waals surface area (Å²) in [5.74, 6) is -0.181. The van der Waals surface area contributed by atoms with Crippen LogP contribution in [-0.2, 0) is 27.5 Å². The first kappa shape index (κ1) is 17.5. The summed E-state index contributed by atoms with van der Waals surface area (Å²) in [6.45, 7) is 2.42. The van der Waals surface area contributed by atoms with Crippen LogP contribution in [-0.4, -0.2) is 48.3 Å². The maximum absolute atomic E-state index is 13.7. The van der Waals surface area contributed by atoms with Crippen molar-refractivity contribution >= 4 is 26.6 Å². The fourth-order valence-corrected chi connectivity index (χ4v) is 6.18. The first-order valence-electron chi connectivity index (χ1n) is 9.18. The number of nitrogens with zero attached hydrogens (tertiary/aromatic N) is 1. The van der Waals surface area contributed by atoms with Gasteiger partial charge in [0.15, 0.2) is 9.84 Å². The molecule has 2 aliphatic rings. The van der Waals surface area contributed by atoms with Crippen LogP contribution in [0, 0.1) is 11.7 Å². The Labute approximate surface area is 152 Å². The number of sulfone groups is 1. The summed E-state index contributed by atoms with van der Waals surface area (Å²) in [7, 11) is -3.03. The van der Waals surface area contributed by atoms with Crippen LogP contribution in [0.15, 0.2) is 18.2 Å². The quantitative estimate of drug-likeness (QED) is 0.892. The summed E-state index contributed by atoms with van der Waals surface area (Å²) in [6, 6.07) is 4.49. The van der Waals surface area contributed by atoms with E-state index in [0.29, 0.717) is 19.4 Å². The Morgan fingerprint density at radius 3 is 2.85 bits per heavy atom. The number of rotatable bonds is 3. The number of aryl methyl sites for hydroxylation is 1. The second-order valence-electron chi connectivity index (χ2n) is 7.39. The monoisotopic (exact) mass is 378 g/mol. The number of fused-ring (bicyclic) bond motifs is 3. The summed E-state index contributed by atoms with van der Waals surface area (Å²) >= 11 is 0. The Balaban J connectivity index is 1.58. The lowest BCUT2D eigenvalue weighted by molar-refractivity contribution is -0.137. The Morgan fingerprint density at radius 1 is 1.35 bits per heavy atom. The van der Waals surface area contributed by atoms with Gasteiger partial charge >= 0.3 is 0 Å². The molecule has 26 heavy (non-hydrogen) atoms. The number of benzene rings is 1. The minimum atomic E-state index is -3.03. The van der Waals surface area contributed by atoms with Gasteiger partial charge in [0.1, 0.15) is 5.82 Å². The largest absolute Gasteiger partial charge is 0.358 e. The highest BCUT2D eigenvalue weighted by atomic mass is 32.2. The van der Waals surface area contributed by atoms with Crippen LogP contribution in [0.25, 0.3) is 10.9 Å². The van der Waals surface area contributed by atoms with E-state index in [0.717, 1.165) is 35.0 Å². The standard InChI is InChI=1S/C19H23FN2O3S/c1-2-22(14-7-8-26(24,25)11-14)19(23)12-3-5-17-15(9-12)16-10-13(20)4-6-18(16)21-17/h4,6,10,12,14,21H,2-3,5,7-9,11H2,1H3. The van der Waals surface area contributed by atoms with Crippen molar-refractivity contribution in [1.29, 1.82) is 0 Å². The van der Waals surface area contributed by atoms with Gasteiger partial charge < -0.3 is 9.88 Å². The van der Waals surface area contributed by atoms with Crippen molar-refractivity contribution in [2.24, 2.45) is 5.92 Å². The molecule has 1 N–H and O–H groups in total. The Hall–Kier alpha value is -1.89. The molecule has 1 aliphatic carbocycles. The molecule has 1 aliphatic heterocycles. The molecule has 7 heteroatoms. The van der Waals surface area contributed by atoms with Crippen molar-refractivity contribution in [3.63, 3.8) is 0 Å². The lowest BCUT2D eigenvalue weighted by Gasteiger charge is -2.32. The van der Waals surface area contributed by atoms with Crippen LogP contribution in [0.4, 0.5) is 4.39 Å². The number of nitrogens with one attached hydrogen (secondary N) is 1. The van der Waals surface area contributed by atoms with Crippen molar-refractivity contribution in [2.75, 3.05) is 18.1 Å². The molecule has 1 aromatic carbocycles. The Kier molecular flexibility index (Phi) is 4.29. The predicted molar refractivity (Wildman–Crippen MR) is 98.2 cm³/mol. The summed E-state index contributed by atoms with van der Waals surface area (Å²) in [5, 5.41) is 0.851. The van der Waals surface area contributed by atoms with E-state index >= 15 is 0 Å². The number of aromatic amines is 1. The van der Waals surface area contributed by atoms with Crippen LogP contribution in [0.3, 0.4) is 0 Å². The molecule has 2 heterocycles. The van der Waals surface area contributed by atoms with Gasteiger partial charge in [-0.3, -0.25) is 4.79 Å². The molecule has 1 fully saturated rings. The van der Waals surface area contributed by atoms with E-state index in [1.807, 2.05) is 6.92 Å². The molecule has 1 saturated heterocycles. The number of H-pyrrole nitrogens is 1. The lowest BCUT2D eigenvalue weighted by Crippen LogP contribution is -2.45. The first-order valence-corrected chi connectivity index (χ1v) is 11.0. The average Bonchev–Trinajstić information content (AvgIpc) is 3.14. The molecular formula is C19H23FN2O3S. The van der Waals surface area contributed by atoms with E-state index in [1.165, 1.54) is 12.1 Å². The zero-order chi connectivity index (χ0) is 18.5. The molecule has 2 aromatic rings. The molecule has 1 amide bonds. The molecule has 140 valence electrons. The molecule has 2 atom stereocenters. The molecule has 5 nitrogen and oxygen atoms in total. The molecule has 4 rings (SSSR count). The second kappa shape index (κ2) is 6.37. The van der Waals surface area contributed by atoms with Crippen molar-refractivity contribution in [3.05, 3.63) is 35.3 Å². The minimum absolute atomic E-state index is 0.0333. The highest BCUT2D eigenvalue weighted by molar-refractivity contribution is 7.91. The van der Waals surface area contributed by atoms with Gasteiger partial charge in [0.2, 0.25) is 5.91 Å². The topological polar surface area (TPSA) is 70.2 Å². The third-order valence-electron chi connectivity index (χ3n) is 5.77. The van der Waals surface area contributed by atoms with Crippen LogP contribution >= 0.6 is 0 Å². The minimum Gasteiger partial charge on any atom is -0.358 e. The summed E-state index contributed by atoms with van der Waals surface area (Å²) < 4.78 is 37.2. The van der Waals surface area contributed by atoms with E-state index in [-0.39, 0.29) is 35.2 Å². The number of carbonyl (C=O) groups is 1. The highest BCUT2D eigenvalue weighted by Gasteiger charge is 2.37. The Bertz CT molecular complexity index is 967. The molecule has 0 radical (unpaired) electrons. The van der Waals surface area contributed by atoms with E-state index in [2.05, 4.69) is 4.98 Å². The van der Waals surface area contributed by atoms with Crippen molar-refractivity contribution in [3.8, 4) is 0 Å². The SMILES string of the molecule is CCN(C(=O)C1CCc2[nH]c3ccc(F)cc3c2C1)C1CCS(=O)(=O)C1. The lowest BCUT2D eigenvalue weighted by atomic mass is 9.85. The second-order valence-corrected chi connectivity index (χ2v) is 9.62. The zero-order valence-corrected chi connectivity index (χ0v) is 15.6. The van der Waals surface area contributed by atoms with Crippen molar-refractivity contribution in [1.82, 2.24) is 9.88 Å². The fraction of sp³-hybridized carbons (Fsp3) is 0.526. The van der Waals surface area contributed by atoms with Crippen molar-refractivity contribution < 1.29 is 17.6 Å². The van der Waals surface area contributed by atoms with Gasteiger partial charge in [-0.2, -0.15) is 0 Å². The van der Waals surface area contributed by atoms with Gasteiger partial charge in [-0.05, 0) is 56.4 Å². The maximum atomic E-state index is 13.7.